The van der Waals surface area contributed by atoms with Crippen LogP contribution >= 0.6 is 0 Å². The first-order chi connectivity index (χ1) is 7.35. The maximum Gasteiger partial charge on any atom is 0.162 e. The van der Waals surface area contributed by atoms with Crippen molar-refractivity contribution in [2.45, 2.75) is 0 Å². The van der Waals surface area contributed by atoms with Crippen LogP contribution in [0.5, 0.6) is 11.5 Å². The molecule has 1 heterocycles. The van der Waals surface area contributed by atoms with Gasteiger partial charge in [0, 0.05) is 24.1 Å². The van der Waals surface area contributed by atoms with Gasteiger partial charge in [0.25, 0.3) is 0 Å². The number of aromatic nitrogens is 1. The van der Waals surface area contributed by atoms with Crippen molar-refractivity contribution in [2.24, 2.45) is 0 Å². The van der Waals surface area contributed by atoms with E-state index >= 15 is 0 Å². The zero-order valence-corrected chi connectivity index (χ0v) is 8.81. The molecule has 2 aromatic rings. The monoisotopic (exact) mass is 203 g/mol. The first kappa shape index (κ1) is 9.65. The third-order valence-corrected chi connectivity index (χ3v) is 2.27. The first-order valence-corrected chi connectivity index (χ1v) is 4.70. The Balaban J connectivity index is 2.43. The Morgan fingerprint density at radius 2 is 1.60 bits per heavy atom. The SMILES string of the molecule is COc1ccc(-n2cccc2)cc1OC. The van der Waals surface area contributed by atoms with Gasteiger partial charge in [0.2, 0.25) is 0 Å². The van der Waals surface area contributed by atoms with E-state index in [-0.39, 0.29) is 0 Å². The number of hydrogen-bond donors (Lipinski definition) is 0. The number of ether oxygens (including phenoxy) is 2. The second kappa shape index (κ2) is 4.09. The van der Waals surface area contributed by atoms with Gasteiger partial charge in [0.1, 0.15) is 0 Å². The van der Waals surface area contributed by atoms with E-state index in [1.807, 2.05) is 47.3 Å². The van der Waals surface area contributed by atoms with Crippen LogP contribution in [0.3, 0.4) is 0 Å². The van der Waals surface area contributed by atoms with Crippen molar-refractivity contribution in [1.82, 2.24) is 4.57 Å². The second-order valence-electron chi connectivity index (χ2n) is 3.13. The lowest BCUT2D eigenvalue weighted by Crippen LogP contribution is -1.94. The zero-order chi connectivity index (χ0) is 10.7. The van der Waals surface area contributed by atoms with Crippen molar-refractivity contribution in [3.63, 3.8) is 0 Å². The average molecular weight is 203 g/mol. The van der Waals surface area contributed by atoms with Crippen LogP contribution in [-0.4, -0.2) is 18.8 Å². The van der Waals surface area contributed by atoms with Crippen molar-refractivity contribution in [3.05, 3.63) is 42.7 Å². The third-order valence-electron chi connectivity index (χ3n) is 2.27. The van der Waals surface area contributed by atoms with E-state index in [1.165, 1.54) is 0 Å². The van der Waals surface area contributed by atoms with Crippen LogP contribution in [0.1, 0.15) is 0 Å². The summed E-state index contributed by atoms with van der Waals surface area (Å²) in [4.78, 5) is 0. The Morgan fingerprint density at radius 1 is 0.933 bits per heavy atom. The van der Waals surface area contributed by atoms with Crippen molar-refractivity contribution < 1.29 is 9.47 Å². The Labute approximate surface area is 88.9 Å². The van der Waals surface area contributed by atoms with Crippen LogP contribution in [0, 0.1) is 0 Å². The summed E-state index contributed by atoms with van der Waals surface area (Å²) < 4.78 is 12.4. The summed E-state index contributed by atoms with van der Waals surface area (Å²) in [6.07, 6.45) is 3.97. The minimum absolute atomic E-state index is 0.740. The lowest BCUT2D eigenvalue weighted by Gasteiger charge is -2.09. The molecule has 0 spiro atoms. The summed E-state index contributed by atoms with van der Waals surface area (Å²) in [6.45, 7) is 0. The number of nitrogens with zero attached hydrogens (tertiary/aromatic N) is 1. The standard InChI is InChI=1S/C12H13NO2/c1-14-11-6-5-10(9-12(11)15-2)13-7-3-4-8-13/h3-9H,1-2H3. The molecule has 15 heavy (non-hydrogen) atoms. The van der Waals surface area contributed by atoms with Crippen LogP contribution in [-0.2, 0) is 0 Å². The molecule has 0 atom stereocenters. The molecule has 0 amide bonds. The van der Waals surface area contributed by atoms with Crippen LogP contribution < -0.4 is 9.47 Å². The minimum Gasteiger partial charge on any atom is -0.493 e. The van der Waals surface area contributed by atoms with E-state index in [0.717, 1.165) is 17.2 Å². The highest BCUT2D eigenvalue weighted by Crippen LogP contribution is 2.28. The Hall–Kier alpha value is -1.90. The van der Waals surface area contributed by atoms with Gasteiger partial charge >= 0.3 is 0 Å². The smallest absolute Gasteiger partial charge is 0.162 e. The highest BCUT2D eigenvalue weighted by atomic mass is 16.5. The molecule has 0 bridgehead atoms. The molecule has 0 aliphatic carbocycles. The molecule has 0 radical (unpaired) electrons. The van der Waals surface area contributed by atoms with Crippen molar-refractivity contribution >= 4 is 0 Å². The summed E-state index contributed by atoms with van der Waals surface area (Å²) in [5.74, 6) is 1.48. The van der Waals surface area contributed by atoms with Crippen molar-refractivity contribution in [2.75, 3.05) is 14.2 Å². The molecule has 0 saturated carbocycles. The molecule has 3 heteroatoms. The van der Waals surface area contributed by atoms with Crippen molar-refractivity contribution in [3.8, 4) is 17.2 Å². The summed E-state index contributed by atoms with van der Waals surface area (Å²) in [7, 11) is 3.27. The normalized spacial score (nSPS) is 10.0. The maximum atomic E-state index is 5.24. The predicted octanol–water partition coefficient (Wildman–Crippen LogP) is 2.49. The molecule has 0 N–H and O–H groups in total. The maximum absolute atomic E-state index is 5.24. The quantitative estimate of drug-likeness (QED) is 0.765. The highest BCUT2D eigenvalue weighted by Gasteiger charge is 2.04. The first-order valence-electron chi connectivity index (χ1n) is 4.70. The fourth-order valence-electron chi connectivity index (χ4n) is 1.49. The van der Waals surface area contributed by atoms with Gasteiger partial charge in [-0.3, -0.25) is 0 Å². The van der Waals surface area contributed by atoms with E-state index in [1.54, 1.807) is 14.2 Å². The molecule has 78 valence electrons. The Bertz CT molecular complexity index is 435. The van der Waals surface area contributed by atoms with Gasteiger partial charge in [-0.2, -0.15) is 0 Å². The molecule has 0 fully saturated rings. The summed E-state index contributed by atoms with van der Waals surface area (Å²) in [5, 5.41) is 0. The van der Waals surface area contributed by atoms with Gasteiger partial charge in [-0.05, 0) is 24.3 Å². The average Bonchev–Trinajstić information content (AvgIpc) is 2.81. The Morgan fingerprint density at radius 3 is 2.20 bits per heavy atom. The largest absolute Gasteiger partial charge is 0.493 e. The molecular formula is C12H13NO2. The van der Waals surface area contributed by atoms with Crippen LogP contribution in [0.2, 0.25) is 0 Å². The van der Waals surface area contributed by atoms with Gasteiger partial charge in [0.05, 0.1) is 14.2 Å². The molecule has 0 saturated heterocycles. The number of rotatable bonds is 3. The van der Waals surface area contributed by atoms with Gasteiger partial charge in [-0.25, -0.2) is 0 Å². The number of benzene rings is 1. The number of hydrogen-bond acceptors (Lipinski definition) is 2. The molecule has 1 aromatic heterocycles. The second-order valence-corrected chi connectivity index (χ2v) is 3.13. The van der Waals surface area contributed by atoms with E-state index in [2.05, 4.69) is 0 Å². The van der Waals surface area contributed by atoms with E-state index in [0.29, 0.717) is 0 Å². The third kappa shape index (κ3) is 1.81. The van der Waals surface area contributed by atoms with Crippen molar-refractivity contribution in [1.29, 1.82) is 0 Å². The molecule has 0 aliphatic heterocycles. The predicted molar refractivity (Wildman–Crippen MR) is 58.9 cm³/mol. The summed E-state index contributed by atoms with van der Waals surface area (Å²) in [6, 6.07) is 9.79. The Kier molecular flexibility index (Phi) is 2.63. The van der Waals surface area contributed by atoms with Crippen LogP contribution in [0.15, 0.2) is 42.7 Å². The van der Waals surface area contributed by atoms with Crippen LogP contribution in [0.25, 0.3) is 5.69 Å². The zero-order valence-electron chi connectivity index (χ0n) is 8.81. The lowest BCUT2D eigenvalue weighted by molar-refractivity contribution is 0.355. The molecule has 0 unspecified atom stereocenters. The fraction of sp³-hybridized carbons (Fsp3) is 0.167. The minimum atomic E-state index is 0.740. The van der Waals surface area contributed by atoms with E-state index in [4.69, 9.17) is 9.47 Å². The lowest BCUT2D eigenvalue weighted by atomic mass is 10.2. The van der Waals surface area contributed by atoms with E-state index < -0.39 is 0 Å². The molecule has 1 aromatic carbocycles. The molecular weight excluding hydrogens is 190 g/mol. The van der Waals surface area contributed by atoms with Gasteiger partial charge < -0.3 is 14.0 Å². The molecule has 0 aliphatic rings. The number of methoxy groups -OCH3 is 2. The summed E-state index contributed by atoms with van der Waals surface area (Å²) >= 11 is 0. The van der Waals surface area contributed by atoms with Gasteiger partial charge in [0.15, 0.2) is 11.5 Å². The molecule has 3 nitrogen and oxygen atoms in total. The van der Waals surface area contributed by atoms with Gasteiger partial charge in [-0.15, -0.1) is 0 Å². The topological polar surface area (TPSA) is 23.4 Å². The van der Waals surface area contributed by atoms with E-state index in [9.17, 15) is 0 Å². The van der Waals surface area contributed by atoms with Gasteiger partial charge in [-0.1, -0.05) is 0 Å². The molecule has 2 rings (SSSR count). The fourth-order valence-corrected chi connectivity index (χ4v) is 1.49. The summed E-state index contributed by atoms with van der Waals surface area (Å²) in [5.41, 5.74) is 1.05. The highest BCUT2D eigenvalue weighted by molar-refractivity contribution is 5.48. The van der Waals surface area contributed by atoms with Crippen LogP contribution in [0.4, 0.5) is 0 Å².